The van der Waals surface area contributed by atoms with E-state index in [9.17, 15) is 5.11 Å². The van der Waals surface area contributed by atoms with E-state index >= 15 is 0 Å². The number of benzene rings is 2. The highest BCUT2D eigenvalue weighted by atomic mass is 16.3. The van der Waals surface area contributed by atoms with Crippen molar-refractivity contribution in [2.75, 3.05) is 5.32 Å². The molecule has 0 aliphatic rings. The van der Waals surface area contributed by atoms with Crippen LogP contribution in [0, 0.1) is 13.8 Å². The van der Waals surface area contributed by atoms with Crippen LogP contribution in [0.25, 0.3) is 10.9 Å². The number of hydrogen-bond donors (Lipinski definition) is 2. The van der Waals surface area contributed by atoms with E-state index in [1.165, 1.54) is 0 Å². The Bertz CT molecular complexity index is 782. The number of fused-ring (bicyclic) bond motifs is 1. The third-order valence-corrected chi connectivity index (χ3v) is 3.66. The highest BCUT2D eigenvalue weighted by Gasteiger charge is 2.08. The monoisotopic (exact) mass is 278 g/mol. The molecule has 2 N–H and O–H groups in total. The third-order valence-electron chi connectivity index (χ3n) is 3.66. The maximum absolute atomic E-state index is 10.2. The molecule has 3 heteroatoms. The van der Waals surface area contributed by atoms with Crippen LogP contribution in [0.1, 0.15) is 16.8 Å². The normalized spacial score (nSPS) is 10.8. The van der Waals surface area contributed by atoms with Crippen LogP contribution in [0.3, 0.4) is 0 Å². The molecular weight excluding hydrogens is 260 g/mol. The van der Waals surface area contributed by atoms with Crippen LogP contribution < -0.4 is 5.32 Å². The molecular formula is C18H18N2O. The number of nitrogens with zero attached hydrogens (tertiary/aromatic N) is 1. The molecule has 3 aromatic rings. The van der Waals surface area contributed by atoms with Crippen molar-refractivity contribution >= 4 is 16.6 Å². The highest BCUT2D eigenvalue weighted by Crippen LogP contribution is 2.29. The molecule has 0 saturated carbocycles. The number of hydrogen-bond acceptors (Lipinski definition) is 3. The number of phenolic OH excluding ortho intramolecular Hbond substituents is 1. The highest BCUT2D eigenvalue weighted by molar-refractivity contribution is 5.88. The smallest absolute Gasteiger partial charge is 0.144 e. The Labute approximate surface area is 124 Å². The fraction of sp³-hybridized carbons (Fsp3) is 0.167. The summed E-state index contributed by atoms with van der Waals surface area (Å²) in [5.41, 5.74) is 4.64. The lowest BCUT2D eigenvalue weighted by Crippen LogP contribution is -2.02. The molecule has 1 aromatic heterocycles. The van der Waals surface area contributed by atoms with Gasteiger partial charge in [-0.15, -0.1) is 0 Å². The molecule has 0 fully saturated rings. The lowest BCUT2D eigenvalue weighted by molar-refractivity contribution is 0.476. The number of aromatic hydroxyl groups is 1. The van der Waals surface area contributed by atoms with Crippen molar-refractivity contribution in [1.29, 1.82) is 0 Å². The van der Waals surface area contributed by atoms with Gasteiger partial charge in [0, 0.05) is 11.1 Å². The summed E-state index contributed by atoms with van der Waals surface area (Å²) < 4.78 is 0. The summed E-state index contributed by atoms with van der Waals surface area (Å²) in [6, 6.07) is 16.0. The molecule has 106 valence electrons. The van der Waals surface area contributed by atoms with Crippen LogP contribution in [0.2, 0.25) is 0 Å². The van der Waals surface area contributed by atoms with Crippen molar-refractivity contribution in [2.45, 2.75) is 20.4 Å². The summed E-state index contributed by atoms with van der Waals surface area (Å²) in [7, 11) is 0. The number of pyridine rings is 1. The Morgan fingerprint density at radius 2 is 1.76 bits per heavy atom. The molecule has 0 saturated heterocycles. The first-order chi connectivity index (χ1) is 10.1. The SMILES string of the molecule is Cc1cc(C)c2ccc(CNc3ccccc3)nc2c1O. The molecule has 0 radical (unpaired) electrons. The Morgan fingerprint density at radius 3 is 2.52 bits per heavy atom. The minimum atomic E-state index is 0.275. The molecule has 3 nitrogen and oxygen atoms in total. The molecule has 0 atom stereocenters. The van der Waals surface area contributed by atoms with Crippen LogP contribution in [-0.4, -0.2) is 10.1 Å². The number of aromatic nitrogens is 1. The zero-order chi connectivity index (χ0) is 14.8. The maximum atomic E-state index is 10.2. The van der Waals surface area contributed by atoms with E-state index in [4.69, 9.17) is 0 Å². The van der Waals surface area contributed by atoms with Gasteiger partial charge >= 0.3 is 0 Å². The molecule has 2 aromatic carbocycles. The lowest BCUT2D eigenvalue weighted by Gasteiger charge is -2.10. The predicted octanol–water partition coefficient (Wildman–Crippen LogP) is 4.17. The van der Waals surface area contributed by atoms with Crippen molar-refractivity contribution in [2.24, 2.45) is 0 Å². The number of phenols is 1. The van der Waals surface area contributed by atoms with Gasteiger partial charge < -0.3 is 10.4 Å². The summed E-state index contributed by atoms with van der Waals surface area (Å²) in [6.07, 6.45) is 0. The van der Waals surface area contributed by atoms with E-state index in [1.807, 2.05) is 62.4 Å². The van der Waals surface area contributed by atoms with Gasteiger partial charge in [0.05, 0.1) is 12.2 Å². The summed E-state index contributed by atoms with van der Waals surface area (Å²) in [5, 5.41) is 14.5. The van der Waals surface area contributed by atoms with Crippen molar-refractivity contribution in [1.82, 2.24) is 4.98 Å². The number of para-hydroxylation sites is 1. The molecule has 21 heavy (non-hydrogen) atoms. The standard InChI is InChI=1S/C18H18N2O/c1-12-10-13(2)18(21)17-16(12)9-8-15(20-17)11-19-14-6-4-3-5-7-14/h3-10,19,21H,11H2,1-2H3. The van der Waals surface area contributed by atoms with Crippen LogP contribution in [0.4, 0.5) is 5.69 Å². The maximum Gasteiger partial charge on any atom is 0.144 e. The molecule has 0 aliphatic carbocycles. The Balaban J connectivity index is 1.92. The lowest BCUT2D eigenvalue weighted by atomic mass is 10.0. The minimum absolute atomic E-state index is 0.275. The van der Waals surface area contributed by atoms with Crippen molar-refractivity contribution in [3.8, 4) is 5.75 Å². The second kappa shape index (κ2) is 5.44. The third kappa shape index (κ3) is 2.68. The molecule has 0 amide bonds. The van der Waals surface area contributed by atoms with Crippen molar-refractivity contribution < 1.29 is 5.11 Å². The van der Waals surface area contributed by atoms with Gasteiger partial charge in [0.1, 0.15) is 11.3 Å². The first-order valence-electron chi connectivity index (χ1n) is 7.03. The fourth-order valence-corrected chi connectivity index (χ4v) is 2.50. The Morgan fingerprint density at radius 1 is 1.00 bits per heavy atom. The van der Waals surface area contributed by atoms with E-state index in [2.05, 4.69) is 10.3 Å². The van der Waals surface area contributed by atoms with Crippen LogP contribution >= 0.6 is 0 Å². The van der Waals surface area contributed by atoms with Gasteiger partial charge in [0.15, 0.2) is 0 Å². The van der Waals surface area contributed by atoms with E-state index in [0.29, 0.717) is 12.1 Å². The molecule has 3 rings (SSSR count). The molecule has 0 aliphatic heterocycles. The van der Waals surface area contributed by atoms with Gasteiger partial charge in [-0.1, -0.05) is 30.3 Å². The van der Waals surface area contributed by atoms with E-state index in [-0.39, 0.29) is 5.75 Å². The van der Waals surface area contributed by atoms with Gasteiger partial charge in [-0.05, 0) is 43.2 Å². The van der Waals surface area contributed by atoms with Crippen LogP contribution in [0.15, 0.2) is 48.5 Å². The number of aryl methyl sites for hydroxylation is 2. The molecule has 0 spiro atoms. The first-order valence-corrected chi connectivity index (χ1v) is 7.03. The average Bonchev–Trinajstić information content (AvgIpc) is 2.51. The topological polar surface area (TPSA) is 45.2 Å². The number of anilines is 1. The molecule has 1 heterocycles. The van der Waals surface area contributed by atoms with Gasteiger partial charge in [0.25, 0.3) is 0 Å². The second-order valence-corrected chi connectivity index (χ2v) is 5.28. The predicted molar refractivity (Wildman–Crippen MR) is 86.7 cm³/mol. The van der Waals surface area contributed by atoms with E-state index in [1.54, 1.807) is 0 Å². The largest absolute Gasteiger partial charge is 0.505 e. The summed E-state index contributed by atoms with van der Waals surface area (Å²) in [5.74, 6) is 0.275. The Hall–Kier alpha value is -2.55. The summed E-state index contributed by atoms with van der Waals surface area (Å²) in [4.78, 5) is 4.60. The van der Waals surface area contributed by atoms with Crippen LogP contribution in [0.5, 0.6) is 5.75 Å². The summed E-state index contributed by atoms with van der Waals surface area (Å²) in [6.45, 7) is 4.57. The molecule has 0 unspecified atom stereocenters. The van der Waals surface area contributed by atoms with Crippen molar-refractivity contribution in [3.05, 3.63) is 65.4 Å². The zero-order valence-electron chi connectivity index (χ0n) is 12.2. The second-order valence-electron chi connectivity index (χ2n) is 5.28. The van der Waals surface area contributed by atoms with Gasteiger partial charge in [-0.3, -0.25) is 0 Å². The number of rotatable bonds is 3. The van der Waals surface area contributed by atoms with Crippen molar-refractivity contribution in [3.63, 3.8) is 0 Å². The first kappa shape index (κ1) is 13.4. The minimum Gasteiger partial charge on any atom is -0.505 e. The number of nitrogens with one attached hydrogen (secondary N) is 1. The van der Waals surface area contributed by atoms with Gasteiger partial charge in [-0.2, -0.15) is 0 Å². The van der Waals surface area contributed by atoms with E-state index in [0.717, 1.165) is 27.9 Å². The van der Waals surface area contributed by atoms with Gasteiger partial charge in [-0.25, -0.2) is 4.98 Å². The Kier molecular flexibility index (Phi) is 3.48. The average molecular weight is 278 g/mol. The summed E-state index contributed by atoms with van der Waals surface area (Å²) >= 11 is 0. The molecule has 0 bridgehead atoms. The van der Waals surface area contributed by atoms with Gasteiger partial charge in [0.2, 0.25) is 0 Å². The van der Waals surface area contributed by atoms with Crippen LogP contribution in [-0.2, 0) is 6.54 Å². The quantitative estimate of drug-likeness (QED) is 0.755. The zero-order valence-corrected chi connectivity index (χ0v) is 12.2. The fourth-order valence-electron chi connectivity index (χ4n) is 2.50. The van der Waals surface area contributed by atoms with E-state index < -0.39 is 0 Å².